The Morgan fingerprint density at radius 3 is 2.34 bits per heavy atom. The Balaban J connectivity index is 1.64. The lowest BCUT2D eigenvalue weighted by molar-refractivity contribution is 0.0734. The highest BCUT2D eigenvalue weighted by atomic mass is 35.5. The van der Waals surface area contributed by atoms with Crippen molar-refractivity contribution in [1.82, 2.24) is 5.43 Å². The fourth-order valence-electron chi connectivity index (χ4n) is 3.48. The van der Waals surface area contributed by atoms with Gasteiger partial charge in [-0.2, -0.15) is 5.10 Å². The molecular formula is C27H21ClN2O5. The van der Waals surface area contributed by atoms with Crippen LogP contribution in [0.15, 0.2) is 84.0 Å². The molecule has 0 saturated carbocycles. The number of nitrogens with one attached hydrogen (secondary N) is 1. The van der Waals surface area contributed by atoms with Crippen molar-refractivity contribution < 1.29 is 23.8 Å². The van der Waals surface area contributed by atoms with Gasteiger partial charge in [0.05, 0.1) is 36.6 Å². The number of methoxy groups -OCH3 is 2. The molecule has 0 aliphatic carbocycles. The standard InChI is InChI=1S/C27H21ClN2O5/c1-33-24-14-12-18(15-25(24)34-2)27(32)35-23-13-11-17-7-3-4-8-19(17)21(23)16-29-30-26(31)20-9-5-6-10-22(20)28/h3-16H,1-2H3,(H,30,31). The van der Waals surface area contributed by atoms with Gasteiger partial charge in [-0.3, -0.25) is 4.79 Å². The Morgan fingerprint density at radius 2 is 1.57 bits per heavy atom. The molecule has 1 amide bonds. The Morgan fingerprint density at radius 1 is 0.857 bits per heavy atom. The molecule has 0 aromatic heterocycles. The number of halogens is 1. The normalized spacial score (nSPS) is 10.8. The van der Waals surface area contributed by atoms with E-state index in [4.69, 9.17) is 25.8 Å². The molecule has 7 nitrogen and oxygen atoms in total. The number of nitrogens with zero attached hydrogens (tertiary/aromatic N) is 1. The van der Waals surface area contributed by atoms with Crippen LogP contribution in [0, 0.1) is 0 Å². The van der Waals surface area contributed by atoms with Gasteiger partial charge in [-0.1, -0.05) is 54.1 Å². The van der Waals surface area contributed by atoms with Crippen molar-refractivity contribution in [3.63, 3.8) is 0 Å². The van der Waals surface area contributed by atoms with Crippen LogP contribution in [0.4, 0.5) is 0 Å². The highest BCUT2D eigenvalue weighted by Gasteiger charge is 2.16. The maximum atomic E-state index is 12.9. The Bertz CT molecular complexity index is 1430. The monoisotopic (exact) mass is 488 g/mol. The van der Waals surface area contributed by atoms with Crippen LogP contribution in [0.2, 0.25) is 5.02 Å². The van der Waals surface area contributed by atoms with E-state index < -0.39 is 11.9 Å². The third-order valence-electron chi connectivity index (χ3n) is 5.23. The molecule has 176 valence electrons. The molecule has 8 heteroatoms. The number of hydrazone groups is 1. The average molecular weight is 489 g/mol. The summed E-state index contributed by atoms with van der Waals surface area (Å²) in [6.07, 6.45) is 1.44. The highest BCUT2D eigenvalue weighted by molar-refractivity contribution is 6.33. The number of amides is 1. The number of hydrogen-bond acceptors (Lipinski definition) is 6. The van der Waals surface area contributed by atoms with E-state index in [0.717, 1.165) is 10.8 Å². The number of carbonyl (C=O) groups excluding carboxylic acids is 2. The van der Waals surface area contributed by atoms with Gasteiger partial charge < -0.3 is 14.2 Å². The minimum Gasteiger partial charge on any atom is -0.493 e. The van der Waals surface area contributed by atoms with E-state index in [1.165, 1.54) is 20.4 Å². The quantitative estimate of drug-likeness (QED) is 0.161. The van der Waals surface area contributed by atoms with Gasteiger partial charge in [0.1, 0.15) is 5.75 Å². The fraction of sp³-hybridized carbons (Fsp3) is 0.0741. The molecule has 0 radical (unpaired) electrons. The molecule has 0 fully saturated rings. The lowest BCUT2D eigenvalue weighted by Gasteiger charge is -2.12. The lowest BCUT2D eigenvalue weighted by Crippen LogP contribution is -2.18. The lowest BCUT2D eigenvalue weighted by atomic mass is 10.0. The maximum Gasteiger partial charge on any atom is 0.343 e. The van der Waals surface area contributed by atoms with Crippen LogP contribution in [0.5, 0.6) is 17.2 Å². The minimum atomic E-state index is -0.587. The molecule has 0 unspecified atom stereocenters. The van der Waals surface area contributed by atoms with Crippen molar-refractivity contribution in [2.75, 3.05) is 14.2 Å². The SMILES string of the molecule is COc1ccc(C(=O)Oc2ccc3ccccc3c2C=NNC(=O)c2ccccc2Cl)cc1OC. The molecular weight excluding hydrogens is 468 g/mol. The number of esters is 1. The number of benzene rings is 4. The number of ether oxygens (including phenoxy) is 3. The van der Waals surface area contributed by atoms with Crippen molar-refractivity contribution >= 4 is 40.5 Å². The van der Waals surface area contributed by atoms with Crippen LogP contribution in [0.25, 0.3) is 10.8 Å². The van der Waals surface area contributed by atoms with E-state index in [1.807, 2.05) is 30.3 Å². The molecule has 0 atom stereocenters. The van der Waals surface area contributed by atoms with Crippen molar-refractivity contribution in [2.24, 2.45) is 5.10 Å². The molecule has 0 aliphatic rings. The molecule has 35 heavy (non-hydrogen) atoms. The molecule has 0 bridgehead atoms. The minimum absolute atomic E-state index is 0.277. The van der Waals surface area contributed by atoms with Crippen LogP contribution in [-0.4, -0.2) is 32.3 Å². The van der Waals surface area contributed by atoms with Gasteiger partial charge in [0, 0.05) is 5.56 Å². The summed E-state index contributed by atoms with van der Waals surface area (Å²) >= 11 is 6.09. The summed E-state index contributed by atoms with van der Waals surface area (Å²) in [5.74, 6) is 0.132. The first-order chi connectivity index (χ1) is 17.0. The van der Waals surface area contributed by atoms with Crippen LogP contribution < -0.4 is 19.6 Å². The summed E-state index contributed by atoms with van der Waals surface area (Å²) in [5.41, 5.74) is 3.57. The summed E-state index contributed by atoms with van der Waals surface area (Å²) in [7, 11) is 3.00. The maximum absolute atomic E-state index is 12.9. The summed E-state index contributed by atoms with van der Waals surface area (Å²) in [4.78, 5) is 25.4. The molecule has 0 saturated heterocycles. The molecule has 0 aliphatic heterocycles. The number of hydrogen-bond donors (Lipinski definition) is 1. The van der Waals surface area contributed by atoms with Gasteiger partial charge in [-0.05, 0) is 47.2 Å². The van der Waals surface area contributed by atoms with Crippen molar-refractivity contribution in [3.8, 4) is 17.2 Å². The first-order valence-corrected chi connectivity index (χ1v) is 10.9. The Hall–Kier alpha value is -4.36. The first kappa shape index (κ1) is 23.8. The van der Waals surface area contributed by atoms with Gasteiger partial charge in [0.2, 0.25) is 0 Å². The second-order valence-electron chi connectivity index (χ2n) is 7.34. The smallest absolute Gasteiger partial charge is 0.343 e. The molecule has 4 rings (SSSR count). The second kappa shape index (κ2) is 10.7. The third kappa shape index (κ3) is 5.26. The first-order valence-electron chi connectivity index (χ1n) is 10.6. The molecule has 4 aromatic rings. The molecule has 0 spiro atoms. The predicted molar refractivity (Wildman–Crippen MR) is 135 cm³/mol. The van der Waals surface area contributed by atoms with Gasteiger partial charge in [0.25, 0.3) is 5.91 Å². The topological polar surface area (TPSA) is 86.2 Å². The summed E-state index contributed by atoms with van der Waals surface area (Å²) in [5, 5.41) is 6.11. The van der Waals surface area contributed by atoms with Crippen LogP contribution in [-0.2, 0) is 0 Å². The zero-order valence-corrected chi connectivity index (χ0v) is 19.7. The fourth-order valence-corrected chi connectivity index (χ4v) is 3.70. The number of fused-ring (bicyclic) bond motifs is 1. The Labute approximate surface area is 206 Å². The van der Waals surface area contributed by atoms with E-state index in [-0.39, 0.29) is 11.3 Å². The van der Waals surface area contributed by atoms with Crippen molar-refractivity contribution in [2.45, 2.75) is 0 Å². The van der Waals surface area contributed by atoms with Crippen LogP contribution in [0.1, 0.15) is 26.3 Å². The molecule has 1 N–H and O–H groups in total. The Kier molecular flexibility index (Phi) is 7.28. The van der Waals surface area contributed by atoms with Gasteiger partial charge in [-0.15, -0.1) is 0 Å². The van der Waals surface area contributed by atoms with E-state index >= 15 is 0 Å². The third-order valence-corrected chi connectivity index (χ3v) is 5.56. The summed E-state index contributed by atoms with van der Waals surface area (Å²) in [6, 6.07) is 22.5. The van der Waals surface area contributed by atoms with Gasteiger partial charge in [-0.25, -0.2) is 10.2 Å². The highest BCUT2D eigenvalue weighted by Crippen LogP contribution is 2.30. The predicted octanol–water partition coefficient (Wildman–Crippen LogP) is 5.49. The van der Waals surface area contributed by atoms with E-state index in [2.05, 4.69) is 10.5 Å². The average Bonchev–Trinajstić information content (AvgIpc) is 2.89. The molecule has 0 heterocycles. The molecule has 4 aromatic carbocycles. The van der Waals surface area contributed by atoms with Gasteiger partial charge >= 0.3 is 5.97 Å². The largest absolute Gasteiger partial charge is 0.493 e. The van der Waals surface area contributed by atoms with Crippen molar-refractivity contribution in [1.29, 1.82) is 0 Å². The van der Waals surface area contributed by atoms with Crippen LogP contribution in [0.3, 0.4) is 0 Å². The van der Waals surface area contributed by atoms with E-state index in [0.29, 0.717) is 27.6 Å². The zero-order valence-electron chi connectivity index (χ0n) is 18.9. The van der Waals surface area contributed by atoms with E-state index in [1.54, 1.807) is 48.5 Å². The summed E-state index contributed by atoms with van der Waals surface area (Å²) < 4.78 is 16.2. The summed E-state index contributed by atoms with van der Waals surface area (Å²) in [6.45, 7) is 0. The van der Waals surface area contributed by atoms with Gasteiger partial charge in [0.15, 0.2) is 11.5 Å². The van der Waals surface area contributed by atoms with Crippen molar-refractivity contribution in [3.05, 3.63) is 101 Å². The number of rotatable bonds is 7. The zero-order chi connectivity index (χ0) is 24.8. The van der Waals surface area contributed by atoms with Crippen LogP contribution >= 0.6 is 11.6 Å². The van der Waals surface area contributed by atoms with E-state index in [9.17, 15) is 9.59 Å². The second-order valence-corrected chi connectivity index (χ2v) is 7.74. The number of carbonyl (C=O) groups is 2.